The summed E-state index contributed by atoms with van der Waals surface area (Å²) in [4.78, 5) is 12.5. The van der Waals surface area contributed by atoms with Crippen LogP contribution in [0.3, 0.4) is 0 Å². The molecule has 2 N–H and O–H groups in total. The number of hydrogen-bond acceptors (Lipinski definition) is 5. The van der Waals surface area contributed by atoms with E-state index >= 15 is 0 Å². The van der Waals surface area contributed by atoms with Gasteiger partial charge >= 0.3 is 0 Å². The minimum Gasteiger partial charge on any atom is -0.454 e. The van der Waals surface area contributed by atoms with Crippen LogP contribution >= 0.6 is 11.6 Å². The summed E-state index contributed by atoms with van der Waals surface area (Å²) < 4.78 is 39.1. The number of carbonyl (C=O) groups excluding carboxylic acids is 1. The van der Waals surface area contributed by atoms with E-state index in [1.165, 1.54) is 18.2 Å². The average molecular weight is 473 g/mol. The summed E-state index contributed by atoms with van der Waals surface area (Å²) in [5.74, 6) is 0.847. The molecule has 0 radical (unpaired) electrons. The molecule has 0 spiro atoms. The van der Waals surface area contributed by atoms with Gasteiger partial charge in [0.2, 0.25) is 6.79 Å². The summed E-state index contributed by atoms with van der Waals surface area (Å²) in [5, 5.41) is 2.80. The van der Waals surface area contributed by atoms with Crippen molar-refractivity contribution in [2.75, 3.05) is 11.5 Å². The van der Waals surface area contributed by atoms with Gasteiger partial charge in [-0.15, -0.1) is 0 Å². The van der Waals surface area contributed by atoms with Crippen molar-refractivity contribution in [3.63, 3.8) is 0 Å². The van der Waals surface area contributed by atoms with Gasteiger partial charge in [-0.2, -0.15) is 0 Å². The maximum atomic E-state index is 13.0. The van der Waals surface area contributed by atoms with Gasteiger partial charge in [0.1, 0.15) is 4.90 Å². The molecule has 0 saturated heterocycles. The molecule has 9 heteroatoms. The molecule has 3 aromatic rings. The zero-order valence-electron chi connectivity index (χ0n) is 17.4. The molecule has 166 valence electrons. The lowest BCUT2D eigenvalue weighted by Gasteiger charge is -2.12. The van der Waals surface area contributed by atoms with Gasteiger partial charge in [0.25, 0.3) is 15.9 Å². The van der Waals surface area contributed by atoms with Crippen LogP contribution in [-0.2, 0) is 16.6 Å². The Labute approximate surface area is 191 Å². The van der Waals surface area contributed by atoms with E-state index < -0.39 is 15.9 Å². The fourth-order valence-electron chi connectivity index (χ4n) is 3.43. The normalized spacial score (nSPS) is 12.5. The number of anilines is 1. The van der Waals surface area contributed by atoms with Crippen LogP contribution in [-0.4, -0.2) is 21.1 Å². The molecule has 3 aromatic carbocycles. The second-order valence-corrected chi connectivity index (χ2v) is 9.56. The number of ether oxygens (including phenoxy) is 2. The third kappa shape index (κ3) is 4.81. The van der Waals surface area contributed by atoms with Gasteiger partial charge in [0, 0.05) is 17.8 Å². The number of sulfonamides is 1. The van der Waals surface area contributed by atoms with Crippen LogP contribution in [0.5, 0.6) is 11.5 Å². The summed E-state index contributed by atoms with van der Waals surface area (Å²) in [5.41, 5.74) is 3.27. The van der Waals surface area contributed by atoms with Crippen LogP contribution in [0.1, 0.15) is 27.0 Å². The first-order valence-electron chi connectivity index (χ1n) is 9.79. The molecule has 1 amide bonds. The van der Waals surface area contributed by atoms with Crippen LogP contribution < -0.4 is 19.5 Å². The summed E-state index contributed by atoms with van der Waals surface area (Å²) in [6, 6.07) is 14.9. The number of amides is 1. The Bertz CT molecular complexity index is 1290. The van der Waals surface area contributed by atoms with Gasteiger partial charge in [0.05, 0.1) is 5.02 Å². The SMILES string of the molecule is Cc1cc(C)cc(NS(=O)(=O)c2cc(C(=O)NCc3ccc4c(c3)OCO4)ccc2Cl)c1. The van der Waals surface area contributed by atoms with Gasteiger partial charge in [-0.3, -0.25) is 9.52 Å². The van der Waals surface area contributed by atoms with Gasteiger partial charge < -0.3 is 14.8 Å². The van der Waals surface area contributed by atoms with Gasteiger partial charge in [-0.05, 0) is 73.0 Å². The Kier molecular flexibility index (Phi) is 5.99. The number of rotatable bonds is 6. The van der Waals surface area contributed by atoms with E-state index in [4.69, 9.17) is 21.1 Å². The third-order valence-corrected chi connectivity index (χ3v) is 6.71. The number of hydrogen-bond donors (Lipinski definition) is 2. The van der Waals surface area contributed by atoms with E-state index in [2.05, 4.69) is 10.0 Å². The zero-order valence-corrected chi connectivity index (χ0v) is 19.0. The molecule has 4 rings (SSSR count). The van der Waals surface area contributed by atoms with Gasteiger partial charge in [-0.1, -0.05) is 23.7 Å². The van der Waals surface area contributed by atoms with Crippen molar-refractivity contribution in [1.29, 1.82) is 0 Å². The zero-order chi connectivity index (χ0) is 22.9. The number of carbonyl (C=O) groups is 1. The fourth-order valence-corrected chi connectivity index (χ4v) is 5.00. The molecule has 0 bridgehead atoms. The Hall–Kier alpha value is -3.23. The standard InChI is InChI=1S/C23H21ClN2O5S/c1-14-7-15(2)9-18(8-14)26-32(28,29)22-11-17(4-5-19(22)24)23(27)25-12-16-3-6-20-21(10-16)31-13-30-20/h3-11,26H,12-13H2,1-2H3,(H,25,27). The smallest absolute Gasteiger partial charge is 0.263 e. The molecular weight excluding hydrogens is 452 g/mol. The predicted molar refractivity (Wildman–Crippen MR) is 122 cm³/mol. The van der Waals surface area contributed by atoms with Crippen molar-refractivity contribution in [1.82, 2.24) is 5.32 Å². The Morgan fingerprint density at radius 3 is 2.44 bits per heavy atom. The minimum absolute atomic E-state index is 0.0224. The maximum absolute atomic E-state index is 13.0. The number of nitrogens with one attached hydrogen (secondary N) is 2. The fraction of sp³-hybridized carbons (Fsp3) is 0.174. The quantitative estimate of drug-likeness (QED) is 0.554. The van der Waals surface area contributed by atoms with E-state index in [1.807, 2.05) is 26.0 Å². The monoisotopic (exact) mass is 472 g/mol. The van der Waals surface area contributed by atoms with Gasteiger partial charge in [0.15, 0.2) is 11.5 Å². The van der Waals surface area contributed by atoms with Crippen LogP contribution in [0.4, 0.5) is 5.69 Å². The molecular formula is C23H21ClN2O5S. The molecule has 0 unspecified atom stereocenters. The van der Waals surface area contributed by atoms with Crippen molar-refractivity contribution in [3.05, 3.63) is 81.9 Å². The molecule has 0 saturated carbocycles. The first-order chi connectivity index (χ1) is 15.2. The number of fused-ring (bicyclic) bond motifs is 1. The Morgan fingerprint density at radius 2 is 1.69 bits per heavy atom. The highest BCUT2D eigenvalue weighted by Crippen LogP contribution is 2.32. The van der Waals surface area contributed by atoms with E-state index in [-0.39, 0.29) is 28.8 Å². The third-order valence-electron chi connectivity index (χ3n) is 4.85. The summed E-state index contributed by atoms with van der Waals surface area (Å²) in [6.07, 6.45) is 0. The number of halogens is 1. The van der Waals surface area contributed by atoms with Crippen LogP contribution in [0.25, 0.3) is 0 Å². The molecule has 0 fully saturated rings. The van der Waals surface area contributed by atoms with Crippen LogP contribution in [0.15, 0.2) is 59.5 Å². The molecule has 7 nitrogen and oxygen atoms in total. The van der Waals surface area contributed by atoms with Crippen molar-refractivity contribution in [2.24, 2.45) is 0 Å². The van der Waals surface area contributed by atoms with Gasteiger partial charge in [-0.25, -0.2) is 8.42 Å². The molecule has 0 aliphatic carbocycles. The molecule has 1 heterocycles. The first-order valence-corrected chi connectivity index (χ1v) is 11.6. The lowest BCUT2D eigenvalue weighted by atomic mass is 10.1. The molecule has 0 atom stereocenters. The van der Waals surface area contributed by atoms with Crippen molar-refractivity contribution in [3.8, 4) is 11.5 Å². The van der Waals surface area contributed by atoms with Crippen LogP contribution in [0, 0.1) is 13.8 Å². The average Bonchev–Trinajstić information content (AvgIpc) is 3.19. The Morgan fingerprint density at radius 1 is 0.969 bits per heavy atom. The highest BCUT2D eigenvalue weighted by atomic mass is 35.5. The number of aryl methyl sites for hydroxylation is 2. The van der Waals surface area contributed by atoms with Crippen molar-refractivity contribution in [2.45, 2.75) is 25.3 Å². The van der Waals surface area contributed by atoms with E-state index in [0.29, 0.717) is 17.2 Å². The second kappa shape index (κ2) is 8.72. The summed E-state index contributed by atoms with van der Waals surface area (Å²) >= 11 is 6.16. The predicted octanol–water partition coefficient (Wildman–Crippen LogP) is 4.42. The topological polar surface area (TPSA) is 93.7 Å². The van der Waals surface area contributed by atoms with E-state index in [9.17, 15) is 13.2 Å². The van der Waals surface area contributed by atoms with E-state index in [1.54, 1.807) is 24.3 Å². The lowest BCUT2D eigenvalue weighted by Crippen LogP contribution is -2.23. The molecule has 1 aliphatic rings. The summed E-state index contributed by atoms with van der Waals surface area (Å²) in [6.45, 7) is 4.16. The second-order valence-electron chi connectivity index (χ2n) is 7.50. The molecule has 0 aromatic heterocycles. The molecule has 32 heavy (non-hydrogen) atoms. The van der Waals surface area contributed by atoms with Crippen molar-refractivity contribution < 1.29 is 22.7 Å². The van der Waals surface area contributed by atoms with E-state index in [0.717, 1.165) is 16.7 Å². The number of benzene rings is 3. The minimum atomic E-state index is -4.00. The Balaban J connectivity index is 1.51. The molecule has 1 aliphatic heterocycles. The van der Waals surface area contributed by atoms with Crippen LogP contribution in [0.2, 0.25) is 5.02 Å². The summed E-state index contributed by atoms with van der Waals surface area (Å²) in [7, 11) is -4.00. The van der Waals surface area contributed by atoms with Crippen molar-refractivity contribution >= 4 is 33.2 Å². The highest BCUT2D eigenvalue weighted by Gasteiger charge is 2.21. The lowest BCUT2D eigenvalue weighted by molar-refractivity contribution is 0.0950. The maximum Gasteiger partial charge on any atom is 0.263 e. The largest absolute Gasteiger partial charge is 0.454 e. The first kappa shape index (κ1) is 22.0. The highest BCUT2D eigenvalue weighted by molar-refractivity contribution is 7.92.